The number of anilines is 2. The number of fused-ring (bicyclic) bond motifs is 1. The summed E-state index contributed by atoms with van der Waals surface area (Å²) in [6, 6.07) is 4.15. The molecule has 3 heterocycles. The van der Waals surface area contributed by atoms with Gasteiger partial charge in [0.1, 0.15) is 41.3 Å². The Kier molecular flexibility index (Phi) is 6.19. The number of ether oxygens (including phenoxy) is 2. The van der Waals surface area contributed by atoms with Gasteiger partial charge in [0, 0.05) is 32.0 Å². The summed E-state index contributed by atoms with van der Waals surface area (Å²) in [6.45, 7) is 3.93. The molecule has 0 aliphatic carbocycles. The SMILES string of the molecule is CC(=O)OCC1CC(Oc2cc(F)ccc2Nc2ncnc3sc(C(N)=O)c(C)c23)CN1. The van der Waals surface area contributed by atoms with Crippen LogP contribution >= 0.6 is 11.3 Å². The zero-order valence-electron chi connectivity index (χ0n) is 17.5. The molecule has 0 saturated carbocycles. The summed E-state index contributed by atoms with van der Waals surface area (Å²) in [5.74, 6) is -0.528. The lowest BCUT2D eigenvalue weighted by atomic mass is 10.2. The average Bonchev–Trinajstić information content (AvgIpc) is 3.33. The first-order chi connectivity index (χ1) is 15.3. The summed E-state index contributed by atoms with van der Waals surface area (Å²) in [4.78, 5) is 32.3. The Balaban J connectivity index is 1.57. The van der Waals surface area contributed by atoms with E-state index in [2.05, 4.69) is 20.6 Å². The molecule has 2 aromatic heterocycles. The number of nitrogens with one attached hydrogen (secondary N) is 2. The van der Waals surface area contributed by atoms with Gasteiger partial charge < -0.3 is 25.8 Å². The largest absolute Gasteiger partial charge is 0.487 e. The van der Waals surface area contributed by atoms with Crippen LogP contribution in [-0.4, -0.2) is 47.1 Å². The van der Waals surface area contributed by atoms with Crippen LogP contribution in [0.25, 0.3) is 10.2 Å². The molecule has 3 aromatic rings. The fraction of sp³-hybridized carbons (Fsp3) is 0.333. The second-order valence-corrected chi connectivity index (χ2v) is 8.47. The molecule has 0 spiro atoms. The molecule has 1 saturated heterocycles. The van der Waals surface area contributed by atoms with Crippen molar-refractivity contribution < 1.29 is 23.5 Å². The number of primary amides is 1. The third-order valence-corrected chi connectivity index (χ3v) is 6.32. The highest BCUT2D eigenvalue weighted by Gasteiger charge is 2.27. The molecule has 32 heavy (non-hydrogen) atoms. The van der Waals surface area contributed by atoms with Crippen molar-refractivity contribution in [2.24, 2.45) is 5.73 Å². The van der Waals surface area contributed by atoms with E-state index in [-0.39, 0.29) is 24.7 Å². The molecule has 0 radical (unpaired) electrons. The Morgan fingerprint density at radius 3 is 2.94 bits per heavy atom. The standard InChI is InChI=1S/C21H22FN5O4S/c1-10-17-20(25-9-26-21(17)32-18(10)19(23)29)27-15-4-3-12(22)5-16(15)31-14-6-13(24-7-14)8-30-11(2)28/h3-5,9,13-14,24H,6-8H2,1-2H3,(H2,23,29)(H,25,26,27). The monoisotopic (exact) mass is 459 g/mol. The summed E-state index contributed by atoms with van der Waals surface area (Å²) < 4.78 is 25.1. The first-order valence-corrected chi connectivity index (χ1v) is 10.8. The number of esters is 1. The fourth-order valence-electron chi connectivity index (χ4n) is 3.62. The van der Waals surface area contributed by atoms with Gasteiger partial charge in [-0.25, -0.2) is 14.4 Å². The van der Waals surface area contributed by atoms with Gasteiger partial charge in [0.25, 0.3) is 5.91 Å². The highest BCUT2D eigenvalue weighted by molar-refractivity contribution is 7.20. The third-order valence-electron chi connectivity index (χ3n) is 5.11. The number of carbonyl (C=O) groups is 2. The van der Waals surface area contributed by atoms with E-state index in [0.29, 0.717) is 50.9 Å². The molecule has 0 bridgehead atoms. The Bertz CT molecular complexity index is 1180. The van der Waals surface area contributed by atoms with Gasteiger partial charge in [-0.1, -0.05) is 0 Å². The molecule has 2 atom stereocenters. The average molecular weight is 460 g/mol. The van der Waals surface area contributed by atoms with E-state index in [4.69, 9.17) is 15.2 Å². The molecular formula is C21H22FN5O4S. The van der Waals surface area contributed by atoms with Gasteiger partial charge >= 0.3 is 5.97 Å². The van der Waals surface area contributed by atoms with E-state index in [0.717, 1.165) is 0 Å². The Hall–Kier alpha value is -3.31. The minimum atomic E-state index is -0.528. The van der Waals surface area contributed by atoms with Crippen LogP contribution in [0.4, 0.5) is 15.9 Å². The highest BCUT2D eigenvalue weighted by Crippen LogP contribution is 2.36. The van der Waals surface area contributed by atoms with Crippen molar-refractivity contribution in [3.8, 4) is 5.75 Å². The van der Waals surface area contributed by atoms with Crippen molar-refractivity contribution >= 4 is 44.9 Å². The van der Waals surface area contributed by atoms with Crippen LogP contribution in [0, 0.1) is 12.7 Å². The lowest BCUT2D eigenvalue weighted by molar-refractivity contribution is -0.141. The van der Waals surface area contributed by atoms with Crippen LogP contribution < -0.4 is 21.1 Å². The van der Waals surface area contributed by atoms with Crippen molar-refractivity contribution in [1.82, 2.24) is 15.3 Å². The number of carbonyl (C=O) groups excluding carboxylic acids is 2. The third kappa shape index (κ3) is 4.63. The number of rotatable bonds is 7. The van der Waals surface area contributed by atoms with Gasteiger partial charge in [0.05, 0.1) is 16.0 Å². The van der Waals surface area contributed by atoms with Gasteiger partial charge in [-0.2, -0.15) is 0 Å². The molecule has 1 amide bonds. The smallest absolute Gasteiger partial charge is 0.302 e. The van der Waals surface area contributed by atoms with Gasteiger partial charge in [-0.3, -0.25) is 9.59 Å². The van der Waals surface area contributed by atoms with Gasteiger partial charge in [0.2, 0.25) is 0 Å². The second-order valence-electron chi connectivity index (χ2n) is 7.47. The van der Waals surface area contributed by atoms with Crippen LogP contribution in [0.1, 0.15) is 28.6 Å². The van der Waals surface area contributed by atoms with Crippen LogP contribution in [-0.2, 0) is 9.53 Å². The van der Waals surface area contributed by atoms with Gasteiger partial charge in [-0.15, -0.1) is 11.3 Å². The summed E-state index contributed by atoms with van der Waals surface area (Å²) in [5, 5.41) is 7.09. The van der Waals surface area contributed by atoms with E-state index >= 15 is 0 Å². The normalized spacial score (nSPS) is 18.0. The van der Waals surface area contributed by atoms with Gasteiger partial charge in [0.15, 0.2) is 0 Å². The summed E-state index contributed by atoms with van der Waals surface area (Å²) in [6.07, 6.45) is 1.76. The number of nitrogens with zero attached hydrogens (tertiary/aromatic N) is 2. The Morgan fingerprint density at radius 2 is 2.19 bits per heavy atom. The van der Waals surface area contributed by atoms with Crippen molar-refractivity contribution in [2.45, 2.75) is 32.4 Å². The number of hydrogen-bond donors (Lipinski definition) is 3. The molecule has 1 fully saturated rings. The minimum absolute atomic E-state index is 0.0314. The highest BCUT2D eigenvalue weighted by atomic mass is 32.1. The zero-order valence-corrected chi connectivity index (χ0v) is 18.3. The number of nitrogens with two attached hydrogens (primary N) is 1. The number of aromatic nitrogens is 2. The molecule has 1 aliphatic heterocycles. The molecule has 1 aromatic carbocycles. The summed E-state index contributed by atoms with van der Waals surface area (Å²) in [5.41, 5.74) is 6.66. The lowest BCUT2D eigenvalue weighted by Gasteiger charge is -2.17. The zero-order chi connectivity index (χ0) is 22.8. The van der Waals surface area contributed by atoms with E-state index < -0.39 is 11.7 Å². The number of hydrogen-bond acceptors (Lipinski definition) is 9. The summed E-state index contributed by atoms with van der Waals surface area (Å²) >= 11 is 1.20. The van der Waals surface area contributed by atoms with E-state index in [1.807, 2.05) is 0 Å². The Labute approximate surface area is 187 Å². The van der Waals surface area contributed by atoms with Crippen LogP contribution in [0.3, 0.4) is 0 Å². The Morgan fingerprint density at radius 1 is 1.38 bits per heavy atom. The van der Waals surface area contributed by atoms with Crippen molar-refractivity contribution in [1.29, 1.82) is 0 Å². The van der Waals surface area contributed by atoms with Crippen LogP contribution in [0.2, 0.25) is 0 Å². The molecule has 4 rings (SSSR count). The minimum Gasteiger partial charge on any atom is -0.487 e. The van der Waals surface area contributed by atoms with Crippen LogP contribution in [0.5, 0.6) is 5.75 Å². The predicted molar refractivity (Wildman–Crippen MR) is 118 cm³/mol. The fourth-order valence-corrected chi connectivity index (χ4v) is 4.62. The molecule has 11 heteroatoms. The number of halogens is 1. The molecule has 1 aliphatic rings. The van der Waals surface area contributed by atoms with Gasteiger partial charge in [-0.05, 0) is 24.6 Å². The van der Waals surface area contributed by atoms with E-state index in [1.165, 1.54) is 36.7 Å². The second kappa shape index (κ2) is 9.05. The predicted octanol–water partition coefficient (Wildman–Crippen LogP) is 2.65. The first kappa shape index (κ1) is 21.9. The molecule has 168 valence electrons. The maximum absolute atomic E-state index is 14.0. The number of aryl methyl sites for hydroxylation is 1. The molecular weight excluding hydrogens is 437 g/mol. The van der Waals surface area contributed by atoms with Crippen molar-refractivity contribution in [3.63, 3.8) is 0 Å². The van der Waals surface area contributed by atoms with Crippen molar-refractivity contribution in [2.75, 3.05) is 18.5 Å². The first-order valence-electron chi connectivity index (χ1n) is 9.95. The maximum atomic E-state index is 14.0. The van der Waals surface area contributed by atoms with E-state index in [9.17, 15) is 14.0 Å². The quantitative estimate of drug-likeness (QED) is 0.460. The molecule has 9 nitrogen and oxygen atoms in total. The van der Waals surface area contributed by atoms with Crippen molar-refractivity contribution in [3.05, 3.63) is 40.8 Å². The topological polar surface area (TPSA) is 128 Å². The van der Waals surface area contributed by atoms with E-state index in [1.54, 1.807) is 13.0 Å². The number of benzene rings is 1. The maximum Gasteiger partial charge on any atom is 0.302 e. The summed E-state index contributed by atoms with van der Waals surface area (Å²) in [7, 11) is 0. The number of amides is 1. The molecule has 2 unspecified atom stereocenters. The van der Waals surface area contributed by atoms with Crippen LogP contribution in [0.15, 0.2) is 24.5 Å². The number of thiophene rings is 1. The lowest BCUT2D eigenvalue weighted by Crippen LogP contribution is -2.27. The molecule has 4 N–H and O–H groups in total.